The highest BCUT2D eigenvalue weighted by Crippen LogP contribution is 2.35. The maximum absolute atomic E-state index is 13.5. The van der Waals surface area contributed by atoms with Crippen LogP contribution in [0, 0.1) is 12.7 Å². The Kier molecular flexibility index (Phi) is 3.65. The van der Waals surface area contributed by atoms with Gasteiger partial charge in [0, 0.05) is 15.5 Å². The first-order chi connectivity index (χ1) is 9.13. The Hall–Kier alpha value is -0.840. The molecule has 1 aromatic heterocycles. The molecule has 0 saturated carbocycles. The number of halogens is 1. The quantitative estimate of drug-likeness (QED) is 0.904. The molecule has 4 heteroatoms. The molecule has 0 bridgehead atoms. The molecule has 19 heavy (non-hydrogen) atoms. The van der Waals surface area contributed by atoms with Gasteiger partial charge in [-0.3, -0.25) is 0 Å². The van der Waals surface area contributed by atoms with E-state index in [2.05, 4.69) is 6.07 Å². The minimum atomic E-state index is -0.213. The molecule has 1 aromatic carbocycles. The molecule has 1 aliphatic heterocycles. The van der Waals surface area contributed by atoms with Crippen molar-refractivity contribution in [1.82, 2.24) is 0 Å². The first kappa shape index (κ1) is 13.2. The molecule has 2 aromatic rings. The lowest BCUT2D eigenvalue weighted by Crippen LogP contribution is -2.10. The van der Waals surface area contributed by atoms with E-state index in [4.69, 9.17) is 5.73 Å². The molecule has 0 radical (unpaired) electrons. The van der Waals surface area contributed by atoms with Crippen molar-refractivity contribution >= 4 is 23.1 Å². The van der Waals surface area contributed by atoms with E-state index in [1.807, 2.05) is 24.8 Å². The number of aryl methyl sites for hydroxylation is 2. The van der Waals surface area contributed by atoms with E-state index in [-0.39, 0.29) is 11.9 Å². The summed E-state index contributed by atoms with van der Waals surface area (Å²) in [6.07, 6.45) is 1.14. The lowest BCUT2D eigenvalue weighted by molar-refractivity contribution is 0.622. The van der Waals surface area contributed by atoms with Crippen molar-refractivity contribution in [2.45, 2.75) is 25.1 Å². The molecule has 1 nitrogen and oxygen atoms in total. The maximum Gasteiger partial charge on any atom is 0.123 e. The zero-order valence-electron chi connectivity index (χ0n) is 10.8. The lowest BCUT2D eigenvalue weighted by Gasteiger charge is -2.11. The number of thiophene rings is 1. The molecule has 0 aliphatic carbocycles. The van der Waals surface area contributed by atoms with Crippen molar-refractivity contribution < 1.29 is 4.39 Å². The highest BCUT2D eigenvalue weighted by Gasteiger charge is 2.18. The fourth-order valence-corrected chi connectivity index (χ4v) is 4.84. The minimum absolute atomic E-state index is 0.206. The maximum atomic E-state index is 13.5. The largest absolute Gasteiger partial charge is 0.320 e. The normalized spacial score (nSPS) is 16.2. The summed E-state index contributed by atoms with van der Waals surface area (Å²) in [6.45, 7) is 1.90. The summed E-state index contributed by atoms with van der Waals surface area (Å²) in [6, 6.07) is 7.05. The molecule has 2 heterocycles. The molecule has 3 rings (SSSR count). The van der Waals surface area contributed by atoms with Crippen LogP contribution in [-0.2, 0) is 12.2 Å². The SMILES string of the molecule is Cc1cc(F)cc(C(N)c2cc3c(s2)CCSC3)c1. The second-order valence-electron chi connectivity index (χ2n) is 4.94. The van der Waals surface area contributed by atoms with Crippen LogP contribution in [0.1, 0.15) is 32.5 Å². The Labute approximate surface area is 121 Å². The first-order valence-electron chi connectivity index (χ1n) is 6.35. The topological polar surface area (TPSA) is 26.0 Å². The average Bonchev–Trinajstić information content (AvgIpc) is 2.80. The van der Waals surface area contributed by atoms with Gasteiger partial charge >= 0.3 is 0 Å². The summed E-state index contributed by atoms with van der Waals surface area (Å²) in [5, 5.41) is 0. The van der Waals surface area contributed by atoms with Crippen molar-refractivity contribution in [3.05, 3.63) is 56.5 Å². The van der Waals surface area contributed by atoms with Crippen LogP contribution in [0.25, 0.3) is 0 Å². The van der Waals surface area contributed by atoms with Crippen LogP contribution in [-0.4, -0.2) is 5.75 Å². The average molecular weight is 293 g/mol. The van der Waals surface area contributed by atoms with E-state index < -0.39 is 0 Å². The number of benzene rings is 1. The number of rotatable bonds is 2. The van der Waals surface area contributed by atoms with Gasteiger partial charge in [-0.1, -0.05) is 6.07 Å². The van der Waals surface area contributed by atoms with Gasteiger partial charge in [0.25, 0.3) is 0 Å². The summed E-state index contributed by atoms with van der Waals surface area (Å²) in [5.74, 6) is 2.07. The lowest BCUT2D eigenvalue weighted by atomic mass is 10.0. The zero-order valence-corrected chi connectivity index (χ0v) is 12.4. The van der Waals surface area contributed by atoms with Gasteiger partial charge in [0.1, 0.15) is 5.82 Å². The zero-order chi connectivity index (χ0) is 13.4. The van der Waals surface area contributed by atoms with Crippen molar-refractivity contribution in [3.8, 4) is 0 Å². The third-order valence-electron chi connectivity index (χ3n) is 3.38. The first-order valence-corrected chi connectivity index (χ1v) is 8.32. The van der Waals surface area contributed by atoms with Gasteiger partial charge in [-0.15, -0.1) is 11.3 Å². The fraction of sp³-hybridized carbons (Fsp3) is 0.333. The van der Waals surface area contributed by atoms with E-state index in [9.17, 15) is 4.39 Å². The smallest absolute Gasteiger partial charge is 0.123 e. The van der Waals surface area contributed by atoms with Crippen LogP contribution in [0.2, 0.25) is 0 Å². The Morgan fingerprint density at radius 2 is 2.11 bits per heavy atom. The van der Waals surface area contributed by atoms with Crippen LogP contribution < -0.4 is 5.73 Å². The Morgan fingerprint density at radius 1 is 1.26 bits per heavy atom. The Balaban J connectivity index is 1.94. The molecular weight excluding hydrogens is 277 g/mol. The molecule has 0 spiro atoms. The minimum Gasteiger partial charge on any atom is -0.320 e. The standard InChI is InChI=1S/C15H16FNS2/c1-9-4-10(6-12(16)5-9)15(17)14-7-11-8-18-3-2-13(11)19-14/h4-7,15H,2-3,8,17H2,1H3. The van der Waals surface area contributed by atoms with Gasteiger partial charge in [0.15, 0.2) is 0 Å². The van der Waals surface area contributed by atoms with Gasteiger partial charge in [-0.2, -0.15) is 11.8 Å². The second-order valence-corrected chi connectivity index (χ2v) is 7.21. The van der Waals surface area contributed by atoms with Crippen LogP contribution in [0.4, 0.5) is 4.39 Å². The van der Waals surface area contributed by atoms with Gasteiger partial charge in [0.2, 0.25) is 0 Å². The summed E-state index contributed by atoms with van der Waals surface area (Å²) in [4.78, 5) is 2.61. The van der Waals surface area contributed by atoms with Crippen LogP contribution >= 0.6 is 23.1 Å². The summed E-state index contributed by atoms with van der Waals surface area (Å²) in [7, 11) is 0. The molecule has 2 N–H and O–H groups in total. The Morgan fingerprint density at radius 3 is 2.84 bits per heavy atom. The molecule has 0 amide bonds. The van der Waals surface area contributed by atoms with E-state index in [0.717, 1.165) is 28.2 Å². The summed E-state index contributed by atoms with van der Waals surface area (Å²) in [5.41, 5.74) is 9.50. The van der Waals surface area contributed by atoms with Crippen LogP contribution in [0.15, 0.2) is 24.3 Å². The number of hydrogen-bond donors (Lipinski definition) is 1. The third-order valence-corrected chi connectivity index (χ3v) is 5.70. The van der Waals surface area contributed by atoms with Crippen molar-refractivity contribution in [1.29, 1.82) is 0 Å². The van der Waals surface area contributed by atoms with E-state index in [1.54, 1.807) is 17.4 Å². The van der Waals surface area contributed by atoms with Crippen molar-refractivity contribution in [2.75, 3.05) is 5.75 Å². The predicted molar refractivity (Wildman–Crippen MR) is 81.4 cm³/mol. The summed E-state index contributed by atoms with van der Waals surface area (Å²) >= 11 is 3.76. The predicted octanol–water partition coefficient (Wildman–Crippen LogP) is 4.03. The van der Waals surface area contributed by atoms with Crippen LogP contribution in [0.3, 0.4) is 0 Å². The highest BCUT2D eigenvalue weighted by atomic mass is 32.2. The highest BCUT2D eigenvalue weighted by molar-refractivity contribution is 7.98. The number of thioether (sulfide) groups is 1. The van der Waals surface area contributed by atoms with Crippen LogP contribution in [0.5, 0.6) is 0 Å². The molecule has 0 fully saturated rings. The molecular formula is C15H16FNS2. The van der Waals surface area contributed by atoms with Gasteiger partial charge in [-0.05, 0) is 54.0 Å². The molecule has 1 aliphatic rings. The number of nitrogens with two attached hydrogens (primary N) is 1. The number of hydrogen-bond acceptors (Lipinski definition) is 3. The molecule has 0 saturated heterocycles. The monoisotopic (exact) mass is 293 g/mol. The van der Waals surface area contributed by atoms with E-state index in [1.165, 1.54) is 22.3 Å². The molecule has 100 valence electrons. The van der Waals surface area contributed by atoms with E-state index in [0.29, 0.717) is 0 Å². The molecule has 1 unspecified atom stereocenters. The van der Waals surface area contributed by atoms with E-state index >= 15 is 0 Å². The van der Waals surface area contributed by atoms with Gasteiger partial charge in [-0.25, -0.2) is 4.39 Å². The fourth-order valence-electron chi connectivity index (χ4n) is 2.43. The second kappa shape index (κ2) is 5.27. The summed E-state index contributed by atoms with van der Waals surface area (Å²) < 4.78 is 13.5. The number of fused-ring (bicyclic) bond motifs is 1. The van der Waals surface area contributed by atoms with Gasteiger partial charge < -0.3 is 5.73 Å². The molecule has 1 atom stereocenters. The van der Waals surface area contributed by atoms with Gasteiger partial charge in [0.05, 0.1) is 6.04 Å². The Bertz CT molecular complexity index is 562. The third kappa shape index (κ3) is 2.71. The van der Waals surface area contributed by atoms with Crippen molar-refractivity contribution in [3.63, 3.8) is 0 Å². The van der Waals surface area contributed by atoms with Crippen molar-refractivity contribution in [2.24, 2.45) is 5.73 Å².